The molecule has 1 unspecified atom stereocenters. The minimum Gasteiger partial charge on any atom is -0.469 e. The number of benzene rings is 2. The van der Waals surface area contributed by atoms with Crippen molar-refractivity contribution in [1.82, 2.24) is 13.9 Å². The van der Waals surface area contributed by atoms with Gasteiger partial charge in [0.15, 0.2) is 0 Å². The Kier molecular flexibility index (Phi) is 5.97. The van der Waals surface area contributed by atoms with Gasteiger partial charge < -0.3 is 9.72 Å². The summed E-state index contributed by atoms with van der Waals surface area (Å²) in [5.74, 6) is -0.458. The summed E-state index contributed by atoms with van der Waals surface area (Å²) in [6, 6.07) is 9.17. The molecule has 8 heteroatoms. The average molecular weight is 452 g/mol. The molecule has 0 fully saturated rings. The molecule has 0 aliphatic carbocycles. The number of hydrogen-bond acceptors (Lipinski definition) is 6. The number of nitrogens with zero attached hydrogens (tertiary/aromatic N) is 2. The van der Waals surface area contributed by atoms with E-state index in [0.29, 0.717) is 23.7 Å². The monoisotopic (exact) mass is 451 g/mol. The third kappa shape index (κ3) is 3.98. The molecule has 2 heterocycles. The molecule has 0 saturated carbocycles. The van der Waals surface area contributed by atoms with Gasteiger partial charge in [-0.1, -0.05) is 19.1 Å². The summed E-state index contributed by atoms with van der Waals surface area (Å²) >= 11 is 1.48. The second-order valence-corrected chi connectivity index (χ2v) is 8.94. The number of aryl methyl sites for hydroxylation is 2. The second-order valence-electron chi connectivity index (χ2n) is 8.09. The van der Waals surface area contributed by atoms with E-state index in [2.05, 4.69) is 35.3 Å². The molecule has 32 heavy (non-hydrogen) atoms. The number of ether oxygens (including phenoxy) is 1. The van der Waals surface area contributed by atoms with Crippen LogP contribution in [0.4, 0.5) is 0 Å². The van der Waals surface area contributed by atoms with Crippen LogP contribution in [-0.2, 0) is 16.0 Å². The molecule has 0 amide bonds. The van der Waals surface area contributed by atoms with Gasteiger partial charge in [0.05, 0.1) is 36.0 Å². The van der Waals surface area contributed by atoms with Crippen molar-refractivity contribution in [1.29, 1.82) is 0 Å². The number of aromatic nitrogens is 3. The molecule has 0 radical (unpaired) electrons. The number of aromatic amines is 1. The van der Waals surface area contributed by atoms with Gasteiger partial charge in [-0.05, 0) is 66.7 Å². The number of H-pyrrole nitrogens is 1. The van der Waals surface area contributed by atoms with Crippen molar-refractivity contribution in [2.75, 3.05) is 7.11 Å². The van der Waals surface area contributed by atoms with E-state index in [9.17, 15) is 14.4 Å². The van der Waals surface area contributed by atoms with Gasteiger partial charge in [0, 0.05) is 16.7 Å². The zero-order valence-corrected chi connectivity index (χ0v) is 19.3. The number of esters is 1. The van der Waals surface area contributed by atoms with Crippen LogP contribution in [0.1, 0.15) is 47.4 Å². The lowest BCUT2D eigenvalue weighted by molar-refractivity contribution is -0.141. The highest BCUT2D eigenvalue weighted by molar-refractivity contribution is 7.07. The van der Waals surface area contributed by atoms with Gasteiger partial charge in [-0.25, -0.2) is 4.79 Å². The number of carbonyl (C=O) groups excluding carboxylic acids is 1. The third-order valence-corrected chi connectivity index (χ3v) is 6.67. The fraction of sp³-hybridized carbons (Fsp3) is 0.333. The van der Waals surface area contributed by atoms with Crippen molar-refractivity contribution in [2.24, 2.45) is 0 Å². The maximum atomic E-state index is 13.1. The average Bonchev–Trinajstić information content (AvgIpc) is 3.15. The molecule has 0 bridgehead atoms. The summed E-state index contributed by atoms with van der Waals surface area (Å²) in [6.45, 7) is 5.98. The van der Waals surface area contributed by atoms with E-state index in [4.69, 9.17) is 4.74 Å². The van der Waals surface area contributed by atoms with Crippen LogP contribution < -0.4 is 11.2 Å². The quantitative estimate of drug-likeness (QED) is 0.447. The number of rotatable bonds is 6. The summed E-state index contributed by atoms with van der Waals surface area (Å²) in [4.78, 5) is 41.5. The van der Waals surface area contributed by atoms with Gasteiger partial charge in [0.1, 0.15) is 0 Å². The molecule has 2 aromatic carbocycles. The molecule has 4 aromatic rings. The van der Waals surface area contributed by atoms with Crippen LogP contribution >= 0.6 is 11.5 Å². The topological polar surface area (TPSA) is 94.1 Å². The first-order valence-electron chi connectivity index (χ1n) is 10.5. The van der Waals surface area contributed by atoms with Crippen LogP contribution in [0.3, 0.4) is 0 Å². The SMILES string of the molecule is CCC(CC(=O)OC)n1c(=O)[nH]c2cc(Cc3snc4cc(C)cc(C)c34)ccc2c1=O. The van der Waals surface area contributed by atoms with Crippen LogP contribution in [0.15, 0.2) is 39.9 Å². The minimum absolute atomic E-state index is 0.0309. The van der Waals surface area contributed by atoms with E-state index in [1.807, 2.05) is 19.1 Å². The lowest BCUT2D eigenvalue weighted by atomic mass is 10.0. The standard InChI is InChI=1S/C24H25N3O4S/c1-5-16(12-21(28)31-4)27-23(29)17-7-6-15(10-18(17)25-24(27)30)11-20-22-14(3)8-13(2)9-19(22)26-32-20/h6-10,16H,5,11-12H2,1-4H3,(H,25,30). The summed E-state index contributed by atoms with van der Waals surface area (Å²) in [6.07, 6.45) is 1.09. The molecule has 0 aliphatic rings. The Hall–Kier alpha value is -3.26. The molecule has 0 spiro atoms. The van der Waals surface area contributed by atoms with Crippen molar-refractivity contribution in [3.8, 4) is 0 Å². The van der Waals surface area contributed by atoms with E-state index in [1.165, 1.54) is 35.2 Å². The van der Waals surface area contributed by atoms with Gasteiger partial charge in [-0.15, -0.1) is 0 Å². The van der Waals surface area contributed by atoms with Crippen LogP contribution in [0.25, 0.3) is 21.8 Å². The Balaban J connectivity index is 1.74. The van der Waals surface area contributed by atoms with E-state index >= 15 is 0 Å². The predicted molar refractivity (Wildman–Crippen MR) is 127 cm³/mol. The first-order chi connectivity index (χ1) is 15.3. The van der Waals surface area contributed by atoms with Crippen molar-refractivity contribution < 1.29 is 9.53 Å². The highest BCUT2D eigenvalue weighted by atomic mass is 32.1. The molecule has 166 valence electrons. The molecular weight excluding hydrogens is 426 g/mol. The largest absolute Gasteiger partial charge is 0.469 e. The zero-order chi connectivity index (χ0) is 23.0. The minimum atomic E-state index is -0.558. The van der Waals surface area contributed by atoms with E-state index in [-0.39, 0.29) is 6.42 Å². The first-order valence-corrected chi connectivity index (χ1v) is 11.3. The van der Waals surface area contributed by atoms with E-state index in [0.717, 1.165) is 20.5 Å². The van der Waals surface area contributed by atoms with Crippen LogP contribution in [-0.4, -0.2) is 27.0 Å². The number of fused-ring (bicyclic) bond motifs is 2. The van der Waals surface area contributed by atoms with Crippen LogP contribution in [0.2, 0.25) is 0 Å². The summed E-state index contributed by atoms with van der Waals surface area (Å²) in [5, 5.41) is 1.58. The predicted octanol–water partition coefficient (Wildman–Crippen LogP) is 4.02. The Bertz CT molecular complexity index is 1450. The zero-order valence-electron chi connectivity index (χ0n) is 18.5. The lowest BCUT2D eigenvalue weighted by Crippen LogP contribution is -2.38. The highest BCUT2D eigenvalue weighted by Gasteiger charge is 2.20. The second kappa shape index (κ2) is 8.70. The smallest absolute Gasteiger partial charge is 0.329 e. The van der Waals surface area contributed by atoms with Crippen molar-refractivity contribution in [3.05, 3.63) is 72.7 Å². The number of nitrogens with one attached hydrogen (secondary N) is 1. The molecular formula is C24H25N3O4S. The van der Waals surface area contributed by atoms with Crippen LogP contribution in [0, 0.1) is 13.8 Å². The Morgan fingerprint density at radius 1 is 1.22 bits per heavy atom. The molecule has 1 N–H and O–H groups in total. The Morgan fingerprint density at radius 2 is 2.00 bits per heavy atom. The number of methoxy groups -OCH3 is 1. The van der Waals surface area contributed by atoms with Crippen molar-refractivity contribution >= 4 is 39.3 Å². The number of hydrogen-bond donors (Lipinski definition) is 1. The summed E-state index contributed by atoms with van der Waals surface area (Å²) in [5.41, 5.74) is 3.92. The van der Waals surface area contributed by atoms with Gasteiger partial charge in [-0.3, -0.25) is 14.2 Å². The first kappa shape index (κ1) is 22.0. The molecule has 7 nitrogen and oxygen atoms in total. The Labute approximate surface area is 188 Å². The molecule has 0 saturated heterocycles. The molecule has 0 aliphatic heterocycles. The van der Waals surface area contributed by atoms with Gasteiger partial charge in [0.2, 0.25) is 0 Å². The molecule has 2 aromatic heterocycles. The normalized spacial score (nSPS) is 12.4. The number of carbonyl (C=O) groups is 1. The van der Waals surface area contributed by atoms with Gasteiger partial charge in [0.25, 0.3) is 5.56 Å². The third-order valence-electron chi connectivity index (χ3n) is 5.82. The summed E-state index contributed by atoms with van der Waals surface area (Å²) in [7, 11) is 1.29. The fourth-order valence-corrected chi connectivity index (χ4v) is 5.19. The fourth-order valence-electron chi connectivity index (χ4n) is 4.25. The van der Waals surface area contributed by atoms with Crippen molar-refractivity contribution in [2.45, 2.75) is 46.1 Å². The van der Waals surface area contributed by atoms with Crippen LogP contribution in [0.5, 0.6) is 0 Å². The van der Waals surface area contributed by atoms with E-state index < -0.39 is 23.3 Å². The van der Waals surface area contributed by atoms with Gasteiger partial charge in [-0.2, -0.15) is 4.37 Å². The Morgan fingerprint density at radius 3 is 2.72 bits per heavy atom. The molecule has 4 rings (SSSR count). The highest BCUT2D eigenvalue weighted by Crippen LogP contribution is 2.29. The maximum absolute atomic E-state index is 13.1. The summed E-state index contributed by atoms with van der Waals surface area (Å²) < 4.78 is 10.4. The maximum Gasteiger partial charge on any atom is 0.329 e. The lowest BCUT2D eigenvalue weighted by Gasteiger charge is -2.16. The van der Waals surface area contributed by atoms with Crippen molar-refractivity contribution in [3.63, 3.8) is 0 Å². The van der Waals surface area contributed by atoms with E-state index in [1.54, 1.807) is 6.07 Å². The molecule has 1 atom stereocenters. The van der Waals surface area contributed by atoms with Gasteiger partial charge >= 0.3 is 11.7 Å².